The highest BCUT2D eigenvalue weighted by Crippen LogP contribution is 2.36. The number of carbonyl (C=O) groups is 1. The fourth-order valence-electron chi connectivity index (χ4n) is 1.75. The third-order valence-electron chi connectivity index (χ3n) is 2.37. The second-order valence-electron chi connectivity index (χ2n) is 3.76. The van der Waals surface area contributed by atoms with Gasteiger partial charge in [0.1, 0.15) is 11.5 Å². The topological polar surface area (TPSA) is 44.8 Å². The van der Waals surface area contributed by atoms with E-state index >= 15 is 0 Å². The van der Waals surface area contributed by atoms with Gasteiger partial charge in [0.15, 0.2) is 6.29 Å². The van der Waals surface area contributed by atoms with Crippen molar-refractivity contribution in [3.05, 3.63) is 23.8 Å². The van der Waals surface area contributed by atoms with E-state index in [1.54, 1.807) is 18.2 Å². The lowest BCUT2D eigenvalue weighted by atomic mass is 10.1. The maximum absolute atomic E-state index is 10.8. The Balaban J connectivity index is 2.30. The Morgan fingerprint density at radius 1 is 1.38 bits per heavy atom. The number of esters is 1. The molecule has 4 nitrogen and oxygen atoms in total. The molecule has 0 radical (unpaired) electrons. The molecule has 1 heterocycles. The molecule has 4 heteroatoms. The minimum atomic E-state index is -0.335. The van der Waals surface area contributed by atoms with Crippen molar-refractivity contribution in [2.24, 2.45) is 0 Å². The fourth-order valence-corrected chi connectivity index (χ4v) is 1.75. The van der Waals surface area contributed by atoms with E-state index in [-0.39, 0.29) is 18.4 Å². The lowest BCUT2D eigenvalue weighted by Gasteiger charge is -2.28. The predicted octanol–water partition coefficient (Wildman–Crippen LogP) is 2.43. The molecule has 0 fully saturated rings. The van der Waals surface area contributed by atoms with E-state index in [2.05, 4.69) is 0 Å². The first kappa shape index (κ1) is 11.0. The third-order valence-corrected chi connectivity index (χ3v) is 2.37. The summed E-state index contributed by atoms with van der Waals surface area (Å²) in [5, 5.41) is 0. The molecular formula is C12H14O4. The van der Waals surface area contributed by atoms with Gasteiger partial charge in [0, 0.05) is 12.5 Å². The molecule has 2 unspecified atom stereocenters. The molecule has 0 spiro atoms. The van der Waals surface area contributed by atoms with E-state index in [1.807, 2.05) is 13.8 Å². The molecule has 16 heavy (non-hydrogen) atoms. The number of carbonyl (C=O) groups excluding carboxylic acids is 1. The van der Waals surface area contributed by atoms with Crippen LogP contribution < -0.4 is 9.47 Å². The Labute approximate surface area is 94.1 Å². The van der Waals surface area contributed by atoms with Gasteiger partial charge in [0.2, 0.25) is 0 Å². The van der Waals surface area contributed by atoms with Crippen molar-refractivity contribution < 1.29 is 19.0 Å². The average Bonchev–Trinajstić information content (AvgIpc) is 2.18. The Bertz CT molecular complexity index is 413. The second kappa shape index (κ2) is 4.14. The van der Waals surface area contributed by atoms with Gasteiger partial charge in [-0.2, -0.15) is 0 Å². The van der Waals surface area contributed by atoms with Crippen molar-refractivity contribution in [1.29, 1.82) is 0 Å². The highest BCUT2D eigenvalue weighted by Gasteiger charge is 2.23. The first-order chi connectivity index (χ1) is 7.56. The van der Waals surface area contributed by atoms with Crippen LogP contribution in [0.2, 0.25) is 0 Å². The van der Waals surface area contributed by atoms with E-state index < -0.39 is 0 Å². The van der Waals surface area contributed by atoms with Crippen molar-refractivity contribution in [3.8, 4) is 11.5 Å². The summed E-state index contributed by atoms with van der Waals surface area (Å²) in [5.74, 6) is 0.959. The standard InChI is InChI=1S/C12H14O4/c1-7-11-6-10(15-8(2)13)4-5-12(11)16-9(3)14-7/h4-7,9H,1-3H3. The highest BCUT2D eigenvalue weighted by molar-refractivity contribution is 5.69. The van der Waals surface area contributed by atoms with Crippen LogP contribution in [0.1, 0.15) is 32.4 Å². The zero-order chi connectivity index (χ0) is 11.7. The molecule has 0 saturated heterocycles. The lowest BCUT2D eigenvalue weighted by molar-refractivity contribution is -0.132. The van der Waals surface area contributed by atoms with Crippen molar-refractivity contribution >= 4 is 5.97 Å². The third kappa shape index (κ3) is 2.17. The van der Waals surface area contributed by atoms with Gasteiger partial charge in [-0.3, -0.25) is 4.79 Å². The molecule has 86 valence electrons. The largest absolute Gasteiger partial charge is 0.465 e. The van der Waals surface area contributed by atoms with Crippen LogP contribution in [0.25, 0.3) is 0 Å². The first-order valence-corrected chi connectivity index (χ1v) is 5.21. The number of ether oxygens (including phenoxy) is 3. The zero-order valence-corrected chi connectivity index (χ0v) is 9.52. The molecular weight excluding hydrogens is 208 g/mol. The van der Waals surface area contributed by atoms with E-state index in [9.17, 15) is 4.79 Å². The zero-order valence-electron chi connectivity index (χ0n) is 9.52. The first-order valence-electron chi connectivity index (χ1n) is 5.21. The highest BCUT2D eigenvalue weighted by atomic mass is 16.7. The molecule has 0 amide bonds. The molecule has 0 aliphatic carbocycles. The minimum Gasteiger partial charge on any atom is -0.465 e. The average molecular weight is 222 g/mol. The van der Waals surface area contributed by atoms with Crippen LogP contribution >= 0.6 is 0 Å². The van der Waals surface area contributed by atoms with Crippen LogP contribution in [-0.4, -0.2) is 12.3 Å². The molecule has 1 aromatic carbocycles. The van der Waals surface area contributed by atoms with Crippen LogP contribution in [0.15, 0.2) is 18.2 Å². The van der Waals surface area contributed by atoms with Crippen LogP contribution in [-0.2, 0) is 9.53 Å². The minimum absolute atomic E-state index is 0.0609. The van der Waals surface area contributed by atoms with Gasteiger partial charge in [-0.05, 0) is 32.0 Å². The molecule has 2 atom stereocenters. The second-order valence-corrected chi connectivity index (χ2v) is 3.76. The van der Waals surface area contributed by atoms with Crippen molar-refractivity contribution in [2.45, 2.75) is 33.2 Å². The summed E-state index contributed by atoms with van der Waals surface area (Å²) in [7, 11) is 0. The van der Waals surface area contributed by atoms with E-state index in [1.165, 1.54) is 6.92 Å². The smallest absolute Gasteiger partial charge is 0.308 e. The monoisotopic (exact) mass is 222 g/mol. The van der Waals surface area contributed by atoms with Gasteiger partial charge in [-0.1, -0.05) is 0 Å². The maximum atomic E-state index is 10.8. The molecule has 1 aromatic rings. The van der Waals surface area contributed by atoms with Crippen molar-refractivity contribution in [2.75, 3.05) is 0 Å². The summed E-state index contributed by atoms with van der Waals surface area (Å²) < 4.78 is 16.0. The van der Waals surface area contributed by atoms with Gasteiger partial charge < -0.3 is 14.2 Å². The SMILES string of the molecule is CC(=O)Oc1ccc2c(c1)C(C)OC(C)O2. The van der Waals surface area contributed by atoms with E-state index in [0.717, 1.165) is 11.3 Å². The number of hydrogen-bond donors (Lipinski definition) is 0. The summed E-state index contributed by atoms with van der Waals surface area (Å²) in [6.45, 7) is 5.16. The fraction of sp³-hybridized carbons (Fsp3) is 0.417. The summed E-state index contributed by atoms with van der Waals surface area (Å²) in [5.41, 5.74) is 0.900. The molecule has 2 rings (SSSR count). The van der Waals surface area contributed by atoms with E-state index in [0.29, 0.717) is 5.75 Å². The molecule has 1 aliphatic rings. The molecule has 0 aromatic heterocycles. The maximum Gasteiger partial charge on any atom is 0.308 e. The normalized spacial score (nSPS) is 23.2. The Hall–Kier alpha value is -1.55. The van der Waals surface area contributed by atoms with Crippen molar-refractivity contribution in [1.82, 2.24) is 0 Å². The van der Waals surface area contributed by atoms with Gasteiger partial charge >= 0.3 is 5.97 Å². The predicted molar refractivity (Wildman–Crippen MR) is 57.3 cm³/mol. The van der Waals surface area contributed by atoms with Crippen LogP contribution in [0.5, 0.6) is 11.5 Å². The summed E-state index contributed by atoms with van der Waals surface area (Å²) >= 11 is 0. The van der Waals surface area contributed by atoms with Crippen LogP contribution in [0.3, 0.4) is 0 Å². The molecule has 1 aliphatic heterocycles. The number of hydrogen-bond acceptors (Lipinski definition) is 4. The Kier molecular flexibility index (Phi) is 2.83. The van der Waals surface area contributed by atoms with Gasteiger partial charge in [-0.15, -0.1) is 0 Å². The van der Waals surface area contributed by atoms with E-state index in [4.69, 9.17) is 14.2 Å². The van der Waals surface area contributed by atoms with Crippen LogP contribution in [0, 0.1) is 0 Å². The Morgan fingerprint density at radius 3 is 2.81 bits per heavy atom. The molecule has 0 bridgehead atoms. The molecule has 0 saturated carbocycles. The van der Waals surface area contributed by atoms with Gasteiger partial charge in [-0.25, -0.2) is 0 Å². The van der Waals surface area contributed by atoms with Gasteiger partial charge in [0.05, 0.1) is 6.10 Å². The number of fused-ring (bicyclic) bond motifs is 1. The summed E-state index contributed by atoms with van der Waals surface area (Å²) in [6.07, 6.45) is -0.309. The van der Waals surface area contributed by atoms with Gasteiger partial charge in [0.25, 0.3) is 0 Å². The van der Waals surface area contributed by atoms with Crippen LogP contribution in [0.4, 0.5) is 0 Å². The quantitative estimate of drug-likeness (QED) is 0.540. The summed E-state index contributed by atoms with van der Waals surface area (Å²) in [4.78, 5) is 10.8. The van der Waals surface area contributed by atoms with Crippen molar-refractivity contribution in [3.63, 3.8) is 0 Å². The molecule has 0 N–H and O–H groups in total. The summed E-state index contributed by atoms with van der Waals surface area (Å²) in [6, 6.07) is 5.28. The number of rotatable bonds is 1. The Morgan fingerprint density at radius 2 is 2.12 bits per heavy atom. The number of benzene rings is 1. The lowest BCUT2D eigenvalue weighted by Crippen LogP contribution is -2.24.